The summed E-state index contributed by atoms with van der Waals surface area (Å²) >= 11 is 6.05. The van der Waals surface area contributed by atoms with Crippen LogP contribution in [0.25, 0.3) is 6.08 Å². The number of rotatable bonds is 6. The summed E-state index contributed by atoms with van der Waals surface area (Å²) in [6.07, 6.45) is 1.70. The molecule has 7 heteroatoms. The van der Waals surface area contributed by atoms with Gasteiger partial charge in [-0.3, -0.25) is 9.69 Å². The predicted octanol–water partition coefficient (Wildman–Crippen LogP) is 5.20. The summed E-state index contributed by atoms with van der Waals surface area (Å²) in [5.41, 5.74) is 2.48. The Hall–Kier alpha value is -3.77. The molecule has 1 amide bonds. The highest BCUT2D eigenvalue weighted by Gasteiger charge is 2.32. The van der Waals surface area contributed by atoms with Crippen LogP contribution in [0.15, 0.2) is 77.4 Å². The van der Waals surface area contributed by atoms with Crippen molar-refractivity contribution in [3.8, 4) is 17.2 Å². The maximum Gasteiger partial charge on any atom is 0.282 e. The minimum Gasteiger partial charge on any atom is -0.493 e. The van der Waals surface area contributed by atoms with Crippen LogP contribution >= 0.6 is 11.6 Å². The lowest BCUT2D eigenvalue weighted by Crippen LogP contribution is -2.32. The van der Waals surface area contributed by atoms with Crippen molar-refractivity contribution in [2.45, 2.75) is 0 Å². The third kappa shape index (κ3) is 4.05. The molecule has 0 aromatic heterocycles. The van der Waals surface area contributed by atoms with E-state index in [-0.39, 0.29) is 11.6 Å². The first-order chi connectivity index (χ1) is 15.5. The summed E-state index contributed by atoms with van der Waals surface area (Å²) in [6.45, 7) is 0. The Kier molecular flexibility index (Phi) is 6.14. The smallest absolute Gasteiger partial charge is 0.282 e. The molecule has 0 N–H and O–H groups in total. The largest absolute Gasteiger partial charge is 0.493 e. The number of amidine groups is 1. The van der Waals surface area contributed by atoms with Gasteiger partial charge in [0.25, 0.3) is 5.91 Å². The van der Waals surface area contributed by atoms with Crippen LogP contribution in [0.2, 0.25) is 5.02 Å². The lowest BCUT2D eigenvalue weighted by Gasteiger charge is -2.18. The maximum atomic E-state index is 13.4. The molecule has 1 aliphatic heterocycles. The Labute approximate surface area is 191 Å². The standard InChI is InChI=1S/C25H21ClN2O4/c1-30-21-14-16(15-22(31-2)23(21)32-3)13-20-25(29)28(19-11-9-18(26)10-12-19)24(27-20)17-7-5-4-6-8-17/h4-15H,1-3H3/b20-13-. The highest BCUT2D eigenvalue weighted by molar-refractivity contribution is 6.34. The average Bonchev–Trinajstić information content (AvgIpc) is 3.15. The molecular formula is C25H21ClN2O4. The number of hydrogen-bond acceptors (Lipinski definition) is 5. The summed E-state index contributed by atoms with van der Waals surface area (Å²) in [7, 11) is 4.63. The second-order valence-electron chi connectivity index (χ2n) is 6.91. The Morgan fingerprint density at radius 3 is 2.06 bits per heavy atom. The van der Waals surface area contributed by atoms with Gasteiger partial charge in [0.15, 0.2) is 11.5 Å². The van der Waals surface area contributed by atoms with Gasteiger partial charge in [-0.1, -0.05) is 41.9 Å². The highest BCUT2D eigenvalue weighted by atomic mass is 35.5. The van der Waals surface area contributed by atoms with E-state index in [2.05, 4.69) is 4.99 Å². The molecule has 3 aromatic carbocycles. The number of carbonyl (C=O) groups excluding carboxylic acids is 1. The Balaban J connectivity index is 1.83. The molecule has 0 bridgehead atoms. The molecule has 0 atom stereocenters. The molecule has 0 radical (unpaired) electrons. The minimum atomic E-state index is -0.250. The van der Waals surface area contributed by atoms with Gasteiger partial charge in [-0.25, -0.2) is 4.99 Å². The van der Waals surface area contributed by atoms with E-state index < -0.39 is 0 Å². The van der Waals surface area contributed by atoms with Gasteiger partial charge in [0.1, 0.15) is 11.5 Å². The van der Waals surface area contributed by atoms with Gasteiger partial charge in [-0.05, 0) is 48.0 Å². The molecule has 32 heavy (non-hydrogen) atoms. The lowest BCUT2D eigenvalue weighted by atomic mass is 10.1. The van der Waals surface area contributed by atoms with Gasteiger partial charge in [0, 0.05) is 10.6 Å². The van der Waals surface area contributed by atoms with Gasteiger partial charge >= 0.3 is 0 Å². The average molecular weight is 449 g/mol. The summed E-state index contributed by atoms with van der Waals surface area (Å²) in [6, 6.07) is 20.2. The summed E-state index contributed by atoms with van der Waals surface area (Å²) in [4.78, 5) is 19.7. The van der Waals surface area contributed by atoms with Crippen molar-refractivity contribution in [1.29, 1.82) is 0 Å². The van der Waals surface area contributed by atoms with Gasteiger partial charge in [-0.2, -0.15) is 0 Å². The number of aliphatic imine (C=N–C) groups is 1. The van der Waals surface area contributed by atoms with Crippen LogP contribution in [-0.2, 0) is 4.79 Å². The lowest BCUT2D eigenvalue weighted by molar-refractivity contribution is -0.113. The normalized spacial score (nSPS) is 14.5. The van der Waals surface area contributed by atoms with Crippen LogP contribution in [0.3, 0.4) is 0 Å². The van der Waals surface area contributed by atoms with E-state index in [0.717, 1.165) is 5.56 Å². The number of nitrogens with zero attached hydrogens (tertiary/aromatic N) is 2. The minimum absolute atomic E-state index is 0.250. The monoisotopic (exact) mass is 448 g/mol. The van der Waals surface area contributed by atoms with E-state index in [9.17, 15) is 4.79 Å². The molecule has 4 rings (SSSR count). The first kappa shape index (κ1) is 21.5. The number of halogens is 1. The zero-order chi connectivity index (χ0) is 22.7. The molecule has 0 spiro atoms. The zero-order valence-electron chi connectivity index (χ0n) is 17.8. The van der Waals surface area contributed by atoms with Crippen molar-refractivity contribution in [2.75, 3.05) is 26.2 Å². The Morgan fingerprint density at radius 1 is 0.875 bits per heavy atom. The molecule has 162 valence electrons. The quantitative estimate of drug-likeness (QED) is 0.486. The van der Waals surface area contributed by atoms with E-state index in [1.807, 2.05) is 30.3 Å². The molecule has 1 heterocycles. The van der Waals surface area contributed by atoms with E-state index in [1.165, 1.54) is 0 Å². The first-order valence-electron chi connectivity index (χ1n) is 9.81. The summed E-state index contributed by atoms with van der Waals surface area (Å²) in [5.74, 6) is 1.75. The van der Waals surface area contributed by atoms with Crippen molar-refractivity contribution in [3.05, 3.63) is 88.6 Å². The molecule has 6 nitrogen and oxygen atoms in total. The van der Waals surface area contributed by atoms with Crippen molar-refractivity contribution < 1.29 is 19.0 Å². The topological polar surface area (TPSA) is 60.4 Å². The van der Waals surface area contributed by atoms with Crippen LogP contribution < -0.4 is 19.1 Å². The van der Waals surface area contributed by atoms with Crippen molar-refractivity contribution in [1.82, 2.24) is 0 Å². The number of methoxy groups -OCH3 is 3. The van der Waals surface area contributed by atoms with Crippen LogP contribution in [-0.4, -0.2) is 33.1 Å². The van der Waals surface area contributed by atoms with Gasteiger partial charge in [-0.15, -0.1) is 0 Å². The molecule has 1 aliphatic rings. The SMILES string of the molecule is COc1cc(/C=C2\N=C(c3ccccc3)N(c3ccc(Cl)cc3)C2=O)cc(OC)c1OC. The predicted molar refractivity (Wildman–Crippen MR) is 126 cm³/mol. The number of hydrogen-bond donors (Lipinski definition) is 0. The van der Waals surface area contributed by atoms with Crippen molar-refractivity contribution in [2.24, 2.45) is 4.99 Å². The fraction of sp³-hybridized carbons (Fsp3) is 0.120. The fourth-order valence-corrected chi connectivity index (χ4v) is 3.60. The Bertz CT molecular complexity index is 1180. The van der Waals surface area contributed by atoms with E-state index >= 15 is 0 Å². The van der Waals surface area contributed by atoms with Gasteiger partial charge < -0.3 is 14.2 Å². The molecule has 0 saturated carbocycles. The van der Waals surface area contributed by atoms with E-state index in [0.29, 0.717) is 39.4 Å². The van der Waals surface area contributed by atoms with Crippen molar-refractivity contribution in [3.63, 3.8) is 0 Å². The van der Waals surface area contributed by atoms with E-state index in [4.69, 9.17) is 25.8 Å². The molecule has 0 saturated heterocycles. The van der Waals surface area contributed by atoms with E-state index in [1.54, 1.807) is 68.7 Å². The molecule has 0 aliphatic carbocycles. The summed E-state index contributed by atoms with van der Waals surface area (Å²) in [5, 5.41) is 0.590. The Morgan fingerprint density at radius 2 is 1.50 bits per heavy atom. The molecule has 3 aromatic rings. The first-order valence-corrected chi connectivity index (χ1v) is 10.2. The van der Waals surface area contributed by atoms with Crippen LogP contribution in [0.5, 0.6) is 17.2 Å². The molecular weight excluding hydrogens is 428 g/mol. The third-order valence-corrected chi connectivity index (χ3v) is 5.22. The number of anilines is 1. The third-order valence-electron chi connectivity index (χ3n) is 4.97. The number of ether oxygens (including phenoxy) is 3. The second-order valence-corrected chi connectivity index (χ2v) is 7.34. The fourth-order valence-electron chi connectivity index (χ4n) is 3.47. The highest BCUT2D eigenvalue weighted by Crippen LogP contribution is 2.39. The van der Waals surface area contributed by atoms with Gasteiger partial charge in [0.05, 0.1) is 27.0 Å². The maximum absolute atomic E-state index is 13.4. The van der Waals surface area contributed by atoms with Gasteiger partial charge in [0.2, 0.25) is 5.75 Å². The number of amides is 1. The van der Waals surface area contributed by atoms with Crippen molar-refractivity contribution >= 4 is 35.1 Å². The zero-order valence-corrected chi connectivity index (χ0v) is 18.6. The van der Waals surface area contributed by atoms with Crippen LogP contribution in [0.1, 0.15) is 11.1 Å². The second kappa shape index (κ2) is 9.16. The summed E-state index contributed by atoms with van der Waals surface area (Å²) < 4.78 is 16.2. The van der Waals surface area contributed by atoms with Crippen LogP contribution in [0, 0.1) is 0 Å². The molecule has 0 fully saturated rings. The van der Waals surface area contributed by atoms with Crippen LogP contribution in [0.4, 0.5) is 5.69 Å². The number of carbonyl (C=O) groups is 1. The molecule has 0 unspecified atom stereocenters. The number of benzene rings is 3.